The molecule has 3 heterocycles. The van der Waals surface area contributed by atoms with Crippen LogP contribution in [0.2, 0.25) is 5.02 Å². The second-order valence-corrected chi connectivity index (χ2v) is 7.64. The van der Waals surface area contributed by atoms with Gasteiger partial charge in [0.05, 0.1) is 16.8 Å². The Morgan fingerprint density at radius 2 is 1.96 bits per heavy atom. The number of fused-ring (bicyclic) bond motifs is 1. The van der Waals surface area contributed by atoms with Crippen LogP contribution in [0.5, 0.6) is 5.75 Å². The van der Waals surface area contributed by atoms with Crippen molar-refractivity contribution in [2.45, 2.75) is 43.8 Å². The summed E-state index contributed by atoms with van der Waals surface area (Å²) in [6.45, 7) is 4.04. The largest absolute Gasteiger partial charge is 0.480 e. The molecule has 0 amide bonds. The van der Waals surface area contributed by atoms with Gasteiger partial charge in [0.2, 0.25) is 0 Å². The van der Waals surface area contributed by atoms with Gasteiger partial charge >= 0.3 is 0 Å². The van der Waals surface area contributed by atoms with Crippen LogP contribution in [0.3, 0.4) is 0 Å². The minimum atomic E-state index is -0.667. The SMILES string of the molecule is CC1(c2ccc(Cl)cn2)CC(O)c2cccc(C3CCNCC3)c2O1. The van der Waals surface area contributed by atoms with Gasteiger partial charge in [-0.2, -0.15) is 0 Å². The van der Waals surface area contributed by atoms with Gasteiger partial charge in [-0.1, -0.05) is 29.8 Å². The number of aliphatic hydroxyl groups is 1. The van der Waals surface area contributed by atoms with Gasteiger partial charge in [-0.3, -0.25) is 4.98 Å². The fraction of sp³-hybridized carbons (Fsp3) is 0.450. The summed E-state index contributed by atoms with van der Waals surface area (Å²) in [5, 5.41) is 14.8. The molecular weight excluding hydrogens is 336 g/mol. The first-order valence-corrected chi connectivity index (χ1v) is 9.27. The van der Waals surface area contributed by atoms with Crippen LogP contribution in [0.4, 0.5) is 0 Å². The summed E-state index contributed by atoms with van der Waals surface area (Å²) in [4.78, 5) is 4.45. The lowest BCUT2D eigenvalue weighted by molar-refractivity contribution is -0.00899. The minimum absolute atomic E-state index is 0.462. The van der Waals surface area contributed by atoms with Crippen molar-refractivity contribution in [1.29, 1.82) is 0 Å². The van der Waals surface area contributed by atoms with E-state index >= 15 is 0 Å². The lowest BCUT2D eigenvalue weighted by atomic mass is 9.83. The second kappa shape index (κ2) is 6.60. The van der Waals surface area contributed by atoms with Crippen molar-refractivity contribution in [1.82, 2.24) is 10.3 Å². The molecule has 0 spiro atoms. The van der Waals surface area contributed by atoms with E-state index in [0.29, 0.717) is 17.4 Å². The minimum Gasteiger partial charge on any atom is -0.480 e. The average Bonchev–Trinajstić information content (AvgIpc) is 2.62. The van der Waals surface area contributed by atoms with E-state index in [1.165, 1.54) is 5.56 Å². The smallest absolute Gasteiger partial charge is 0.151 e. The van der Waals surface area contributed by atoms with Crippen LogP contribution in [0.15, 0.2) is 36.5 Å². The normalized spacial score (nSPS) is 26.8. The quantitative estimate of drug-likeness (QED) is 0.854. The van der Waals surface area contributed by atoms with E-state index in [0.717, 1.165) is 42.9 Å². The molecule has 2 aromatic rings. The van der Waals surface area contributed by atoms with Gasteiger partial charge in [0, 0.05) is 18.2 Å². The maximum Gasteiger partial charge on any atom is 0.151 e. The summed E-state index contributed by atoms with van der Waals surface area (Å²) < 4.78 is 6.51. The van der Waals surface area contributed by atoms with E-state index in [1.807, 2.05) is 31.2 Å². The summed E-state index contributed by atoms with van der Waals surface area (Å²) in [6.07, 6.45) is 3.72. The number of aliphatic hydroxyl groups excluding tert-OH is 1. The molecule has 4 rings (SSSR count). The van der Waals surface area contributed by atoms with E-state index in [2.05, 4.69) is 16.4 Å². The lowest BCUT2D eigenvalue weighted by Crippen LogP contribution is -2.37. The van der Waals surface area contributed by atoms with Crippen LogP contribution in [0.25, 0.3) is 0 Å². The molecule has 2 aliphatic rings. The fourth-order valence-electron chi connectivity index (χ4n) is 4.00. The molecule has 2 atom stereocenters. The highest BCUT2D eigenvalue weighted by Crippen LogP contribution is 2.48. The van der Waals surface area contributed by atoms with Gasteiger partial charge in [-0.15, -0.1) is 0 Å². The second-order valence-electron chi connectivity index (χ2n) is 7.20. The molecule has 1 fully saturated rings. The number of nitrogens with one attached hydrogen (secondary N) is 1. The molecule has 2 N–H and O–H groups in total. The number of aromatic nitrogens is 1. The molecule has 5 heteroatoms. The van der Waals surface area contributed by atoms with Gasteiger partial charge in [-0.05, 0) is 56.5 Å². The van der Waals surface area contributed by atoms with Gasteiger partial charge in [0.1, 0.15) is 5.75 Å². The van der Waals surface area contributed by atoms with Crippen LogP contribution in [-0.2, 0) is 5.60 Å². The number of para-hydroxylation sites is 1. The molecule has 0 aliphatic carbocycles. The number of halogens is 1. The van der Waals surface area contributed by atoms with Gasteiger partial charge < -0.3 is 15.2 Å². The number of hydrogen-bond acceptors (Lipinski definition) is 4. The maximum atomic E-state index is 10.8. The first kappa shape index (κ1) is 16.8. The Kier molecular flexibility index (Phi) is 4.44. The van der Waals surface area contributed by atoms with Crippen LogP contribution < -0.4 is 10.1 Å². The third-order valence-electron chi connectivity index (χ3n) is 5.39. The highest BCUT2D eigenvalue weighted by molar-refractivity contribution is 6.30. The fourth-order valence-corrected chi connectivity index (χ4v) is 4.11. The monoisotopic (exact) mass is 358 g/mol. The molecule has 132 valence electrons. The van der Waals surface area contributed by atoms with E-state index in [9.17, 15) is 5.11 Å². The summed E-state index contributed by atoms with van der Waals surface area (Å²) in [6, 6.07) is 9.85. The number of nitrogens with zero attached hydrogens (tertiary/aromatic N) is 1. The van der Waals surface area contributed by atoms with Crippen LogP contribution >= 0.6 is 11.6 Å². The van der Waals surface area contributed by atoms with E-state index < -0.39 is 11.7 Å². The molecule has 1 aromatic heterocycles. The van der Waals surface area contributed by atoms with Gasteiger partial charge in [0.25, 0.3) is 0 Å². The summed E-state index contributed by atoms with van der Waals surface area (Å²) in [5.41, 5.74) is 2.22. The van der Waals surface area contributed by atoms with Crippen LogP contribution in [-0.4, -0.2) is 23.2 Å². The Balaban J connectivity index is 1.74. The first-order chi connectivity index (χ1) is 12.1. The van der Waals surface area contributed by atoms with Gasteiger partial charge in [-0.25, -0.2) is 0 Å². The molecule has 1 saturated heterocycles. The molecule has 25 heavy (non-hydrogen) atoms. The zero-order chi connectivity index (χ0) is 17.4. The molecule has 4 nitrogen and oxygen atoms in total. The van der Waals surface area contributed by atoms with Crippen molar-refractivity contribution < 1.29 is 9.84 Å². The third kappa shape index (κ3) is 3.14. The topological polar surface area (TPSA) is 54.4 Å². The van der Waals surface area contributed by atoms with Gasteiger partial charge in [0.15, 0.2) is 5.60 Å². The van der Waals surface area contributed by atoms with Crippen LogP contribution in [0.1, 0.15) is 55.0 Å². The Morgan fingerprint density at radius 1 is 1.20 bits per heavy atom. The van der Waals surface area contributed by atoms with E-state index in [-0.39, 0.29) is 0 Å². The number of pyridine rings is 1. The molecule has 2 aliphatic heterocycles. The zero-order valence-electron chi connectivity index (χ0n) is 14.3. The summed E-state index contributed by atoms with van der Waals surface area (Å²) in [7, 11) is 0. The van der Waals surface area contributed by atoms with E-state index in [4.69, 9.17) is 16.3 Å². The number of benzene rings is 1. The summed E-state index contributed by atoms with van der Waals surface area (Å²) in [5.74, 6) is 1.30. The van der Waals surface area contributed by atoms with Crippen molar-refractivity contribution in [2.75, 3.05) is 13.1 Å². The van der Waals surface area contributed by atoms with Crippen LogP contribution in [0, 0.1) is 0 Å². The predicted octanol–water partition coefficient (Wildman–Crippen LogP) is 3.93. The van der Waals surface area contributed by atoms with Crippen molar-refractivity contribution in [3.05, 3.63) is 58.4 Å². The van der Waals surface area contributed by atoms with Crippen molar-refractivity contribution >= 4 is 11.6 Å². The molecular formula is C20H23ClN2O2. The average molecular weight is 359 g/mol. The first-order valence-electron chi connectivity index (χ1n) is 8.89. The highest BCUT2D eigenvalue weighted by Gasteiger charge is 2.40. The summed E-state index contributed by atoms with van der Waals surface area (Å²) >= 11 is 5.97. The number of piperidine rings is 1. The number of ether oxygens (including phenoxy) is 1. The Bertz CT molecular complexity index is 759. The van der Waals surface area contributed by atoms with E-state index in [1.54, 1.807) is 6.20 Å². The maximum absolute atomic E-state index is 10.8. The zero-order valence-corrected chi connectivity index (χ0v) is 15.1. The lowest BCUT2D eigenvalue weighted by Gasteiger charge is -2.40. The molecule has 1 aromatic carbocycles. The molecule has 2 unspecified atom stereocenters. The highest BCUT2D eigenvalue weighted by atomic mass is 35.5. The Labute approximate surface area is 153 Å². The number of rotatable bonds is 2. The number of hydrogen-bond donors (Lipinski definition) is 2. The molecule has 0 saturated carbocycles. The van der Waals surface area contributed by atoms with Crippen molar-refractivity contribution in [3.8, 4) is 5.75 Å². The predicted molar refractivity (Wildman–Crippen MR) is 98.1 cm³/mol. The molecule has 0 radical (unpaired) electrons. The molecule has 0 bridgehead atoms. The Morgan fingerprint density at radius 3 is 2.68 bits per heavy atom. The Hall–Kier alpha value is -1.62. The standard InChI is InChI=1S/C20H23ClN2O2/c1-20(18-6-5-14(21)12-23-18)11-17(24)16-4-2-3-15(19(16)25-20)13-7-9-22-10-8-13/h2-6,12-13,17,22,24H,7-11H2,1H3. The van der Waals surface area contributed by atoms with Crippen molar-refractivity contribution in [3.63, 3.8) is 0 Å². The third-order valence-corrected chi connectivity index (χ3v) is 5.62. The van der Waals surface area contributed by atoms with Crippen molar-refractivity contribution in [2.24, 2.45) is 0 Å².